The first kappa shape index (κ1) is 30.6. The van der Waals surface area contributed by atoms with Gasteiger partial charge in [-0.1, -0.05) is 97.1 Å². The topological polar surface area (TPSA) is 66.3 Å². The molecule has 11 aromatic rings. The average molecular weight is 740 g/mol. The van der Waals surface area contributed by atoms with Crippen molar-refractivity contribution >= 4 is 67.2 Å². The zero-order valence-corrected chi connectivity index (χ0v) is 31.1. The Labute approximate surface area is 332 Å². The molecule has 268 valence electrons. The quantitative estimate of drug-likeness (QED) is 0.171. The minimum atomic E-state index is -0.0275. The van der Waals surface area contributed by atoms with Crippen molar-refractivity contribution in [3.05, 3.63) is 181 Å². The van der Waals surface area contributed by atoms with Crippen LogP contribution in [0.15, 0.2) is 164 Å². The van der Waals surface area contributed by atoms with Gasteiger partial charge in [0.2, 0.25) is 0 Å². The van der Waals surface area contributed by atoms with E-state index in [-0.39, 0.29) is 12.6 Å². The fourth-order valence-electron chi connectivity index (χ4n) is 10.8. The number of rotatable bonds is 3. The highest BCUT2D eigenvalue weighted by Crippen LogP contribution is 2.50. The van der Waals surface area contributed by atoms with Crippen molar-refractivity contribution in [3.8, 4) is 39.4 Å². The van der Waals surface area contributed by atoms with Crippen molar-refractivity contribution in [2.24, 2.45) is 0 Å². The van der Waals surface area contributed by atoms with Crippen LogP contribution in [0.2, 0.25) is 0 Å². The van der Waals surface area contributed by atoms with E-state index in [1.807, 2.05) is 24.7 Å². The van der Waals surface area contributed by atoms with Crippen molar-refractivity contribution in [1.82, 2.24) is 33.6 Å². The Kier molecular flexibility index (Phi) is 5.83. The number of hydrogen-bond acceptors (Lipinski definition) is 4. The molecule has 58 heavy (non-hydrogen) atoms. The number of hydrogen-bond donors (Lipinski definition) is 0. The summed E-state index contributed by atoms with van der Waals surface area (Å²) in [6.07, 6.45) is 8.46. The molecule has 1 unspecified atom stereocenters. The van der Waals surface area contributed by atoms with Gasteiger partial charge in [-0.05, 0) is 82.0 Å². The van der Waals surface area contributed by atoms with Crippen LogP contribution in [0.1, 0.15) is 22.7 Å². The third-order valence-corrected chi connectivity index (χ3v) is 13.0. The van der Waals surface area contributed by atoms with Crippen molar-refractivity contribution < 1.29 is 0 Å². The molecule has 0 N–H and O–H groups in total. The highest BCUT2D eigenvalue weighted by atomic mass is 15.2. The molecule has 1 aliphatic carbocycles. The Bertz CT molecular complexity index is 3550. The summed E-state index contributed by atoms with van der Waals surface area (Å²) in [5, 5.41) is 2.28. The van der Waals surface area contributed by atoms with Gasteiger partial charge in [0.05, 0.1) is 27.6 Å². The lowest BCUT2D eigenvalue weighted by Gasteiger charge is -2.35. The normalized spacial score (nSPS) is 14.6. The molecular weight excluding hydrogens is 709 g/mol. The van der Waals surface area contributed by atoms with Crippen LogP contribution < -0.4 is 16.4 Å². The number of pyridine rings is 2. The fourth-order valence-corrected chi connectivity index (χ4v) is 10.8. The molecule has 8 heterocycles. The molecular formula is C50H30BN7. The zero-order valence-electron chi connectivity index (χ0n) is 31.1. The molecule has 3 aliphatic rings. The first-order valence-electron chi connectivity index (χ1n) is 19.9. The third-order valence-electron chi connectivity index (χ3n) is 13.0. The van der Waals surface area contributed by atoms with Gasteiger partial charge < -0.3 is 4.57 Å². The number of nitrogens with zero attached hydrogens (tertiary/aromatic N) is 7. The smallest absolute Gasteiger partial charge is 0.252 e. The molecule has 0 fully saturated rings. The van der Waals surface area contributed by atoms with Crippen LogP contribution in [-0.2, 0) is 6.42 Å². The molecule has 6 aromatic heterocycles. The van der Waals surface area contributed by atoms with Crippen LogP contribution in [-0.4, -0.2) is 40.3 Å². The van der Waals surface area contributed by atoms with E-state index in [0.29, 0.717) is 0 Å². The van der Waals surface area contributed by atoms with E-state index in [4.69, 9.17) is 19.9 Å². The van der Waals surface area contributed by atoms with E-state index in [2.05, 4.69) is 147 Å². The third kappa shape index (κ3) is 3.75. The summed E-state index contributed by atoms with van der Waals surface area (Å²) in [6, 6.07) is 50.7. The molecule has 14 rings (SSSR count). The van der Waals surface area contributed by atoms with Gasteiger partial charge in [-0.2, -0.15) is 0 Å². The second-order valence-corrected chi connectivity index (χ2v) is 15.8. The van der Waals surface area contributed by atoms with Crippen LogP contribution in [0.5, 0.6) is 0 Å². The van der Waals surface area contributed by atoms with E-state index >= 15 is 0 Å². The molecule has 0 spiro atoms. The lowest BCUT2D eigenvalue weighted by Crippen LogP contribution is -2.59. The van der Waals surface area contributed by atoms with Gasteiger partial charge in [-0.15, -0.1) is 0 Å². The first-order chi connectivity index (χ1) is 28.8. The molecule has 0 saturated heterocycles. The Morgan fingerprint density at radius 1 is 0.569 bits per heavy atom. The minimum absolute atomic E-state index is 0.0275. The molecule has 1 atom stereocenters. The summed E-state index contributed by atoms with van der Waals surface area (Å²) < 4.78 is 7.42. The minimum Gasteiger partial charge on any atom is -0.312 e. The van der Waals surface area contributed by atoms with E-state index in [1.165, 1.54) is 66.4 Å². The maximum absolute atomic E-state index is 5.29. The van der Waals surface area contributed by atoms with Gasteiger partial charge in [-0.3, -0.25) is 24.1 Å². The largest absolute Gasteiger partial charge is 0.312 e. The van der Waals surface area contributed by atoms with Crippen LogP contribution in [0.4, 0.5) is 0 Å². The van der Waals surface area contributed by atoms with E-state index in [1.54, 1.807) is 6.20 Å². The maximum atomic E-state index is 5.29. The fraction of sp³-hybridized carbons (Fsp3) is 0.0400. The van der Waals surface area contributed by atoms with Gasteiger partial charge in [0, 0.05) is 70.0 Å². The highest BCUT2D eigenvalue weighted by Gasteiger charge is 2.45. The molecule has 0 bridgehead atoms. The summed E-state index contributed by atoms with van der Waals surface area (Å²) in [5.74, 6) is 0.123. The number of aromatic nitrogens is 7. The zero-order chi connectivity index (χ0) is 37.6. The molecule has 0 saturated carbocycles. The Morgan fingerprint density at radius 3 is 2.19 bits per heavy atom. The number of fused-ring (bicyclic) bond motifs is 14. The van der Waals surface area contributed by atoms with Gasteiger partial charge in [0.25, 0.3) is 6.71 Å². The highest BCUT2D eigenvalue weighted by molar-refractivity contribution is 7.00. The lowest BCUT2D eigenvalue weighted by atomic mass is 9.34. The summed E-state index contributed by atoms with van der Waals surface area (Å²) in [6.45, 7) is -0.0275. The molecule has 0 radical (unpaired) electrons. The van der Waals surface area contributed by atoms with Crippen LogP contribution in [0, 0.1) is 0 Å². The summed E-state index contributed by atoms with van der Waals surface area (Å²) >= 11 is 0. The first-order valence-corrected chi connectivity index (χ1v) is 19.9. The van der Waals surface area contributed by atoms with Gasteiger partial charge in [0.15, 0.2) is 5.65 Å². The molecule has 5 aromatic carbocycles. The SMILES string of the molecule is c1ccc(C2Cc3ccccc3-c3c2n2c4c(ccnc34)B3c4c-2cc(-c2ccccn2)cc4-n2c4c3cccc4c3c4nccnc4n(-c4ccccc4)c32)cc1. The van der Waals surface area contributed by atoms with Crippen molar-refractivity contribution in [2.75, 3.05) is 0 Å². The number of para-hydroxylation sites is 2. The van der Waals surface area contributed by atoms with Crippen LogP contribution >= 0.6 is 0 Å². The average Bonchev–Trinajstić information content (AvgIpc) is 3.94. The summed E-state index contributed by atoms with van der Waals surface area (Å²) in [5.41, 5.74) is 21.9. The standard InChI is InChI=1S/C50H30BN7/c1-3-12-29(13-4-1)35-26-30-14-7-8-17-33(30)41-44-48-37(21-23-53-44)51-36-19-11-18-34-42-45-49(55-25-24-54-45)56(32-15-5-2-6-16-32)50(42)58(46(34)36)40-28-31(38-20-9-10-22-52-38)27-39(43(40)51)57(48)47(35)41/h1-25,27-28,35H,26H2. The maximum Gasteiger partial charge on any atom is 0.252 e. The number of benzene rings is 5. The molecule has 8 heteroatoms. The van der Waals surface area contributed by atoms with Crippen molar-refractivity contribution in [1.29, 1.82) is 0 Å². The molecule has 7 nitrogen and oxygen atoms in total. The summed E-state index contributed by atoms with van der Waals surface area (Å²) in [4.78, 5) is 20.3. The Hall–Kier alpha value is -7.58. The van der Waals surface area contributed by atoms with E-state index in [9.17, 15) is 0 Å². The van der Waals surface area contributed by atoms with Crippen molar-refractivity contribution in [3.63, 3.8) is 0 Å². The molecule has 2 aliphatic heterocycles. The van der Waals surface area contributed by atoms with Gasteiger partial charge in [-0.25, -0.2) is 4.98 Å². The molecule has 0 amide bonds. The predicted octanol–water partition coefficient (Wildman–Crippen LogP) is 8.42. The second-order valence-electron chi connectivity index (χ2n) is 15.8. The van der Waals surface area contributed by atoms with E-state index in [0.717, 1.165) is 56.8 Å². The predicted molar refractivity (Wildman–Crippen MR) is 233 cm³/mol. The second kappa shape index (κ2) is 11.0. The van der Waals surface area contributed by atoms with Gasteiger partial charge in [0.1, 0.15) is 11.2 Å². The van der Waals surface area contributed by atoms with Crippen LogP contribution in [0.3, 0.4) is 0 Å². The Balaban J connectivity index is 1.21. The van der Waals surface area contributed by atoms with Crippen molar-refractivity contribution in [2.45, 2.75) is 12.3 Å². The van der Waals surface area contributed by atoms with Gasteiger partial charge >= 0.3 is 0 Å². The monoisotopic (exact) mass is 739 g/mol. The lowest BCUT2D eigenvalue weighted by molar-refractivity contribution is 0.746. The Morgan fingerprint density at radius 2 is 1.33 bits per heavy atom. The van der Waals surface area contributed by atoms with Crippen LogP contribution in [0.25, 0.3) is 83.6 Å². The van der Waals surface area contributed by atoms with E-state index < -0.39 is 0 Å². The summed E-state index contributed by atoms with van der Waals surface area (Å²) in [7, 11) is 0.